The highest BCUT2D eigenvalue weighted by Gasteiger charge is 2.26. The number of rotatable bonds is 5. The smallest absolute Gasteiger partial charge is 0.278 e. The van der Waals surface area contributed by atoms with E-state index >= 15 is 0 Å². The Morgan fingerprint density at radius 2 is 1.91 bits per heavy atom. The summed E-state index contributed by atoms with van der Waals surface area (Å²) >= 11 is 0. The minimum atomic E-state index is -0.335. The third-order valence-electron chi connectivity index (χ3n) is 6.21. The van der Waals surface area contributed by atoms with Crippen molar-refractivity contribution in [2.45, 2.75) is 38.6 Å². The number of aromatic nitrogens is 5. The third-order valence-corrected chi connectivity index (χ3v) is 6.21. The molecule has 1 amide bonds. The maximum absolute atomic E-state index is 12.8. The van der Waals surface area contributed by atoms with Crippen molar-refractivity contribution in [3.8, 4) is 11.3 Å². The molecule has 1 saturated heterocycles. The second-order valence-corrected chi connectivity index (χ2v) is 8.82. The number of carbonyl (C=O) groups is 1. The van der Waals surface area contributed by atoms with E-state index in [4.69, 9.17) is 4.42 Å². The first kappa shape index (κ1) is 21.3. The zero-order valence-electron chi connectivity index (χ0n) is 19.0. The molecule has 0 spiro atoms. The third kappa shape index (κ3) is 4.49. The first-order chi connectivity index (χ1) is 16.0. The molecule has 1 N–H and O–H groups in total. The number of anilines is 1. The molecule has 4 aromatic heterocycles. The van der Waals surface area contributed by atoms with E-state index in [1.54, 1.807) is 23.3 Å². The second kappa shape index (κ2) is 8.74. The Labute approximate surface area is 191 Å². The van der Waals surface area contributed by atoms with Crippen molar-refractivity contribution in [2.75, 3.05) is 18.4 Å². The highest BCUT2D eigenvalue weighted by molar-refractivity contribution is 6.03. The summed E-state index contributed by atoms with van der Waals surface area (Å²) in [4.78, 5) is 28.5. The number of aryl methyl sites for hydroxylation is 1. The predicted octanol–water partition coefficient (Wildman–Crippen LogP) is 3.86. The van der Waals surface area contributed by atoms with Gasteiger partial charge in [-0.3, -0.25) is 14.5 Å². The van der Waals surface area contributed by atoms with Crippen molar-refractivity contribution in [1.82, 2.24) is 29.6 Å². The summed E-state index contributed by atoms with van der Waals surface area (Å²) in [6.07, 6.45) is 10.6. The molecule has 5 heterocycles. The molecular weight excluding hydrogens is 418 g/mol. The van der Waals surface area contributed by atoms with E-state index in [2.05, 4.69) is 44.1 Å². The lowest BCUT2D eigenvalue weighted by atomic mass is 9.96. The lowest BCUT2D eigenvalue weighted by Gasteiger charge is -2.33. The van der Waals surface area contributed by atoms with Gasteiger partial charge in [0.1, 0.15) is 12.1 Å². The van der Waals surface area contributed by atoms with Gasteiger partial charge in [-0.05, 0) is 57.3 Å². The van der Waals surface area contributed by atoms with Gasteiger partial charge in [0.25, 0.3) is 5.91 Å². The molecule has 1 aliphatic heterocycles. The monoisotopic (exact) mass is 445 g/mol. The average molecular weight is 446 g/mol. The van der Waals surface area contributed by atoms with Crippen LogP contribution in [0.2, 0.25) is 0 Å². The van der Waals surface area contributed by atoms with E-state index in [-0.39, 0.29) is 17.5 Å². The predicted molar refractivity (Wildman–Crippen MR) is 125 cm³/mol. The van der Waals surface area contributed by atoms with Gasteiger partial charge in [-0.15, -0.1) is 0 Å². The number of hydrogen-bond acceptors (Lipinski definition) is 7. The van der Waals surface area contributed by atoms with Crippen LogP contribution in [-0.2, 0) is 7.05 Å². The normalized spacial score (nSPS) is 15.4. The summed E-state index contributed by atoms with van der Waals surface area (Å²) in [5.41, 5.74) is 2.00. The molecule has 4 aromatic rings. The van der Waals surface area contributed by atoms with Crippen LogP contribution in [0.25, 0.3) is 22.0 Å². The summed E-state index contributed by atoms with van der Waals surface area (Å²) in [6.45, 7) is 6.46. The second-order valence-electron chi connectivity index (χ2n) is 8.82. The highest BCUT2D eigenvalue weighted by atomic mass is 16.3. The van der Waals surface area contributed by atoms with Gasteiger partial charge < -0.3 is 14.6 Å². The van der Waals surface area contributed by atoms with Gasteiger partial charge in [0.15, 0.2) is 11.6 Å². The van der Waals surface area contributed by atoms with E-state index < -0.39 is 0 Å². The number of carbonyl (C=O) groups excluding carboxylic acids is 1. The summed E-state index contributed by atoms with van der Waals surface area (Å²) in [5, 5.41) is 8.84. The van der Waals surface area contributed by atoms with Gasteiger partial charge >= 0.3 is 0 Å². The molecular formula is C24H27N7O2. The van der Waals surface area contributed by atoms with Gasteiger partial charge in [-0.25, -0.2) is 9.97 Å². The largest absolute Gasteiger partial charge is 0.448 e. The van der Waals surface area contributed by atoms with Crippen LogP contribution in [0.4, 0.5) is 5.82 Å². The Hall–Kier alpha value is -3.59. The van der Waals surface area contributed by atoms with E-state index in [0.717, 1.165) is 48.0 Å². The van der Waals surface area contributed by atoms with Crippen molar-refractivity contribution in [1.29, 1.82) is 0 Å². The summed E-state index contributed by atoms with van der Waals surface area (Å²) in [7, 11) is 1.87. The molecule has 170 valence electrons. The molecule has 0 unspecified atom stereocenters. The molecule has 0 aliphatic carbocycles. The Kier molecular flexibility index (Phi) is 5.63. The van der Waals surface area contributed by atoms with Crippen LogP contribution in [-0.4, -0.2) is 54.7 Å². The van der Waals surface area contributed by atoms with Gasteiger partial charge in [0, 0.05) is 48.5 Å². The minimum Gasteiger partial charge on any atom is -0.448 e. The van der Waals surface area contributed by atoms with Crippen molar-refractivity contribution in [2.24, 2.45) is 7.05 Å². The number of piperidine rings is 1. The van der Waals surface area contributed by atoms with Gasteiger partial charge in [0.05, 0.1) is 11.9 Å². The molecule has 9 heteroatoms. The molecule has 5 rings (SSSR count). The molecule has 1 fully saturated rings. The minimum absolute atomic E-state index is 0.249. The topological polar surface area (TPSA) is 102 Å². The van der Waals surface area contributed by atoms with Crippen LogP contribution in [0.15, 0.2) is 47.6 Å². The average Bonchev–Trinajstić information content (AvgIpc) is 3.48. The van der Waals surface area contributed by atoms with Crippen LogP contribution in [0.1, 0.15) is 49.0 Å². The van der Waals surface area contributed by atoms with Crippen molar-refractivity contribution in [3.63, 3.8) is 0 Å². The molecule has 0 aromatic carbocycles. The number of nitrogens with zero attached hydrogens (tertiary/aromatic N) is 6. The quantitative estimate of drug-likeness (QED) is 0.498. The Morgan fingerprint density at radius 3 is 2.64 bits per heavy atom. The van der Waals surface area contributed by atoms with Crippen LogP contribution in [0.3, 0.4) is 0 Å². The Balaban J connectivity index is 1.29. The van der Waals surface area contributed by atoms with E-state index in [9.17, 15) is 4.79 Å². The molecule has 0 bridgehead atoms. The lowest BCUT2D eigenvalue weighted by molar-refractivity contribution is 0.102. The fourth-order valence-corrected chi connectivity index (χ4v) is 4.24. The molecule has 0 saturated carbocycles. The number of likely N-dealkylation sites (tertiary alicyclic amines) is 1. The molecule has 0 atom stereocenters. The maximum Gasteiger partial charge on any atom is 0.278 e. The van der Waals surface area contributed by atoms with Crippen LogP contribution < -0.4 is 5.32 Å². The van der Waals surface area contributed by atoms with E-state index in [1.165, 1.54) is 6.26 Å². The summed E-state index contributed by atoms with van der Waals surface area (Å²) in [6, 6.07) is 4.33. The maximum atomic E-state index is 12.8. The first-order valence-corrected chi connectivity index (χ1v) is 11.2. The van der Waals surface area contributed by atoms with Gasteiger partial charge in [0.2, 0.25) is 0 Å². The number of oxazole rings is 1. The zero-order valence-corrected chi connectivity index (χ0v) is 19.0. The Bertz CT molecular complexity index is 1280. The summed E-state index contributed by atoms with van der Waals surface area (Å²) < 4.78 is 7.40. The van der Waals surface area contributed by atoms with Crippen molar-refractivity contribution < 1.29 is 9.21 Å². The van der Waals surface area contributed by atoms with E-state index in [1.807, 2.05) is 25.4 Å². The summed E-state index contributed by atoms with van der Waals surface area (Å²) in [5.74, 6) is 1.00. The van der Waals surface area contributed by atoms with Gasteiger partial charge in [-0.2, -0.15) is 5.10 Å². The molecule has 0 radical (unpaired) electrons. The highest BCUT2D eigenvalue weighted by Crippen LogP contribution is 2.28. The fourth-order valence-electron chi connectivity index (χ4n) is 4.24. The molecule has 9 nitrogen and oxygen atoms in total. The fraction of sp³-hybridized carbons (Fsp3) is 0.375. The van der Waals surface area contributed by atoms with Crippen molar-refractivity contribution in [3.05, 3.63) is 54.8 Å². The number of amides is 1. The van der Waals surface area contributed by atoms with Crippen molar-refractivity contribution >= 4 is 22.5 Å². The SMILES string of the molecule is CC(C)N1CCC(c2nc(C(=O)Nc3cc4cc(-c5cnn(C)c5)ncc4cn3)co2)CC1. The lowest BCUT2D eigenvalue weighted by Crippen LogP contribution is -2.37. The first-order valence-electron chi connectivity index (χ1n) is 11.2. The molecule has 33 heavy (non-hydrogen) atoms. The van der Waals surface area contributed by atoms with Crippen LogP contribution >= 0.6 is 0 Å². The number of pyridine rings is 2. The zero-order chi connectivity index (χ0) is 22.9. The number of fused-ring (bicyclic) bond motifs is 1. The van der Waals surface area contributed by atoms with Crippen LogP contribution in [0.5, 0.6) is 0 Å². The number of nitrogens with one attached hydrogen (secondary N) is 1. The van der Waals surface area contributed by atoms with Crippen LogP contribution in [0, 0.1) is 0 Å². The Morgan fingerprint density at radius 1 is 1.12 bits per heavy atom. The number of hydrogen-bond donors (Lipinski definition) is 1. The standard InChI is InChI=1S/C24H27N7O2/c1-15(2)31-6-4-16(5-7-31)24-28-21(14-33-24)23(32)29-22-9-17-8-20(19-12-27-30(3)13-19)25-10-18(17)11-26-22/h8-16H,4-7H2,1-3H3,(H,26,29,32). The van der Waals surface area contributed by atoms with E-state index in [0.29, 0.717) is 17.8 Å². The molecule has 1 aliphatic rings. The van der Waals surface area contributed by atoms with Gasteiger partial charge in [-0.1, -0.05) is 0 Å².